The molecule has 2 aliphatic rings. The van der Waals surface area contributed by atoms with Crippen LogP contribution in [0.2, 0.25) is 0 Å². The Balaban J connectivity index is 1.80. The topological polar surface area (TPSA) is 15.3 Å². The van der Waals surface area contributed by atoms with Crippen molar-refractivity contribution >= 4 is 0 Å². The molecule has 2 rings (SSSR count). The van der Waals surface area contributed by atoms with Crippen LogP contribution in [-0.2, 0) is 0 Å². The number of rotatable bonds is 5. The van der Waals surface area contributed by atoms with Crippen molar-refractivity contribution in [2.75, 3.05) is 26.2 Å². The van der Waals surface area contributed by atoms with Crippen LogP contribution in [0.1, 0.15) is 71.6 Å². The second kappa shape index (κ2) is 7.64. The van der Waals surface area contributed by atoms with E-state index < -0.39 is 0 Å². The third-order valence-corrected chi connectivity index (χ3v) is 5.61. The maximum Gasteiger partial charge on any atom is 0.0303 e. The second-order valence-electron chi connectivity index (χ2n) is 6.84. The van der Waals surface area contributed by atoms with Crippen LogP contribution < -0.4 is 5.32 Å². The molecular formula is C17H34N2. The molecule has 0 amide bonds. The van der Waals surface area contributed by atoms with E-state index in [0.717, 1.165) is 5.92 Å². The summed E-state index contributed by atoms with van der Waals surface area (Å²) in [6, 6.07) is 0. The van der Waals surface area contributed by atoms with Gasteiger partial charge in [0.1, 0.15) is 0 Å². The Morgan fingerprint density at radius 3 is 2.47 bits per heavy atom. The van der Waals surface area contributed by atoms with Gasteiger partial charge in [0.15, 0.2) is 0 Å². The van der Waals surface area contributed by atoms with Gasteiger partial charge in [0.2, 0.25) is 0 Å². The zero-order chi connectivity index (χ0) is 13.6. The highest BCUT2D eigenvalue weighted by molar-refractivity contribution is 4.91. The van der Waals surface area contributed by atoms with Crippen LogP contribution in [-0.4, -0.2) is 36.6 Å². The summed E-state index contributed by atoms with van der Waals surface area (Å²) in [5.74, 6) is 1.03. The molecule has 1 heterocycles. The Hall–Kier alpha value is -0.0800. The molecule has 1 saturated carbocycles. The van der Waals surface area contributed by atoms with Crippen LogP contribution in [0.15, 0.2) is 0 Å². The van der Waals surface area contributed by atoms with E-state index in [1.807, 2.05) is 0 Å². The van der Waals surface area contributed by atoms with E-state index >= 15 is 0 Å². The summed E-state index contributed by atoms with van der Waals surface area (Å²) in [5.41, 5.74) is 0.392. The number of nitrogens with zero attached hydrogens (tertiary/aromatic N) is 1. The van der Waals surface area contributed by atoms with Crippen molar-refractivity contribution in [3.63, 3.8) is 0 Å². The van der Waals surface area contributed by atoms with E-state index in [4.69, 9.17) is 0 Å². The van der Waals surface area contributed by atoms with Crippen LogP contribution in [0, 0.1) is 5.92 Å². The van der Waals surface area contributed by atoms with Crippen molar-refractivity contribution in [2.45, 2.75) is 77.2 Å². The highest BCUT2D eigenvalue weighted by atomic mass is 15.2. The molecule has 0 aromatic rings. The van der Waals surface area contributed by atoms with E-state index in [2.05, 4.69) is 24.1 Å². The van der Waals surface area contributed by atoms with Gasteiger partial charge in [-0.1, -0.05) is 46.0 Å². The molecule has 0 bridgehead atoms. The fourth-order valence-electron chi connectivity index (χ4n) is 3.97. The molecule has 1 saturated heterocycles. The minimum absolute atomic E-state index is 0.392. The molecule has 1 N–H and O–H groups in total. The van der Waals surface area contributed by atoms with Crippen molar-refractivity contribution in [3.8, 4) is 0 Å². The van der Waals surface area contributed by atoms with Gasteiger partial charge < -0.3 is 10.2 Å². The Morgan fingerprint density at radius 1 is 1.05 bits per heavy atom. The van der Waals surface area contributed by atoms with Gasteiger partial charge in [-0.25, -0.2) is 0 Å². The maximum atomic E-state index is 3.82. The molecule has 112 valence electrons. The SMILES string of the molecule is CCC1(CC)CN(CCC2CCCCC2)CCCN1. The van der Waals surface area contributed by atoms with Gasteiger partial charge in [-0.3, -0.25) is 0 Å². The lowest BCUT2D eigenvalue weighted by molar-refractivity contribution is 0.180. The number of hydrogen-bond donors (Lipinski definition) is 1. The summed E-state index contributed by atoms with van der Waals surface area (Å²) in [6.07, 6.45) is 12.8. The molecule has 0 unspecified atom stereocenters. The number of hydrogen-bond acceptors (Lipinski definition) is 2. The van der Waals surface area contributed by atoms with E-state index in [9.17, 15) is 0 Å². The first kappa shape index (κ1) is 15.3. The van der Waals surface area contributed by atoms with E-state index in [1.54, 1.807) is 0 Å². The predicted molar refractivity (Wildman–Crippen MR) is 83.6 cm³/mol. The lowest BCUT2D eigenvalue weighted by atomic mass is 9.86. The summed E-state index contributed by atoms with van der Waals surface area (Å²) in [6.45, 7) is 9.83. The van der Waals surface area contributed by atoms with Crippen molar-refractivity contribution in [1.29, 1.82) is 0 Å². The van der Waals surface area contributed by atoms with Gasteiger partial charge >= 0.3 is 0 Å². The third kappa shape index (κ3) is 4.46. The maximum absolute atomic E-state index is 3.82. The quantitative estimate of drug-likeness (QED) is 0.814. The highest BCUT2D eigenvalue weighted by Crippen LogP contribution is 2.27. The summed E-state index contributed by atoms with van der Waals surface area (Å²) in [4.78, 5) is 2.75. The fourth-order valence-corrected chi connectivity index (χ4v) is 3.97. The molecule has 1 aliphatic carbocycles. The highest BCUT2D eigenvalue weighted by Gasteiger charge is 2.30. The largest absolute Gasteiger partial charge is 0.310 e. The summed E-state index contributed by atoms with van der Waals surface area (Å²) in [7, 11) is 0. The van der Waals surface area contributed by atoms with Crippen LogP contribution in [0.3, 0.4) is 0 Å². The molecule has 0 atom stereocenters. The van der Waals surface area contributed by atoms with Crippen LogP contribution >= 0.6 is 0 Å². The van der Waals surface area contributed by atoms with Crippen LogP contribution in [0.4, 0.5) is 0 Å². The molecule has 2 nitrogen and oxygen atoms in total. The summed E-state index contributed by atoms with van der Waals surface area (Å²) < 4.78 is 0. The van der Waals surface area contributed by atoms with Crippen molar-refractivity contribution in [2.24, 2.45) is 5.92 Å². The van der Waals surface area contributed by atoms with Gasteiger partial charge in [-0.2, -0.15) is 0 Å². The zero-order valence-corrected chi connectivity index (χ0v) is 13.2. The fraction of sp³-hybridized carbons (Fsp3) is 1.00. The minimum Gasteiger partial charge on any atom is -0.310 e. The molecule has 0 spiro atoms. The van der Waals surface area contributed by atoms with Crippen molar-refractivity contribution in [1.82, 2.24) is 10.2 Å². The number of nitrogens with one attached hydrogen (secondary N) is 1. The summed E-state index contributed by atoms with van der Waals surface area (Å²) in [5, 5.41) is 3.82. The smallest absolute Gasteiger partial charge is 0.0303 e. The lowest BCUT2D eigenvalue weighted by Crippen LogP contribution is -2.50. The monoisotopic (exact) mass is 266 g/mol. The second-order valence-corrected chi connectivity index (χ2v) is 6.84. The Morgan fingerprint density at radius 2 is 1.79 bits per heavy atom. The van der Waals surface area contributed by atoms with Crippen LogP contribution in [0.25, 0.3) is 0 Å². The first-order chi connectivity index (χ1) is 9.28. The van der Waals surface area contributed by atoms with Gasteiger partial charge in [0.25, 0.3) is 0 Å². The molecule has 19 heavy (non-hydrogen) atoms. The van der Waals surface area contributed by atoms with Gasteiger partial charge in [0, 0.05) is 12.1 Å². The minimum atomic E-state index is 0.392. The average Bonchev–Trinajstić information content (AvgIpc) is 2.69. The first-order valence-electron chi connectivity index (χ1n) is 8.75. The van der Waals surface area contributed by atoms with E-state index in [0.29, 0.717) is 5.54 Å². The van der Waals surface area contributed by atoms with E-state index in [1.165, 1.54) is 84.0 Å². The van der Waals surface area contributed by atoms with Crippen LogP contribution in [0.5, 0.6) is 0 Å². The first-order valence-corrected chi connectivity index (χ1v) is 8.75. The zero-order valence-electron chi connectivity index (χ0n) is 13.2. The third-order valence-electron chi connectivity index (χ3n) is 5.61. The van der Waals surface area contributed by atoms with Gasteiger partial charge in [0.05, 0.1) is 0 Å². The average molecular weight is 266 g/mol. The molecular weight excluding hydrogens is 232 g/mol. The predicted octanol–water partition coefficient (Wildman–Crippen LogP) is 3.81. The molecule has 2 heteroatoms. The van der Waals surface area contributed by atoms with Crippen molar-refractivity contribution in [3.05, 3.63) is 0 Å². The van der Waals surface area contributed by atoms with Gasteiger partial charge in [-0.05, 0) is 51.2 Å². The summed E-state index contributed by atoms with van der Waals surface area (Å²) >= 11 is 0. The van der Waals surface area contributed by atoms with Crippen molar-refractivity contribution < 1.29 is 0 Å². The Bertz CT molecular complexity index is 242. The molecule has 0 aromatic carbocycles. The molecule has 0 radical (unpaired) electrons. The van der Waals surface area contributed by atoms with Gasteiger partial charge in [-0.15, -0.1) is 0 Å². The lowest BCUT2D eigenvalue weighted by Gasteiger charge is -2.36. The molecule has 0 aromatic heterocycles. The standard InChI is InChI=1S/C17H34N2/c1-3-17(4-2)15-19(13-8-12-18-17)14-11-16-9-6-5-7-10-16/h16,18H,3-15H2,1-2H3. The van der Waals surface area contributed by atoms with E-state index in [-0.39, 0.29) is 0 Å². The Kier molecular flexibility index (Phi) is 6.15. The normalized spacial score (nSPS) is 26.2. The molecule has 1 aliphatic heterocycles. The Labute approximate surface area is 120 Å². The molecule has 2 fully saturated rings.